The summed E-state index contributed by atoms with van der Waals surface area (Å²) in [7, 11) is 0. The van der Waals surface area contributed by atoms with Gasteiger partial charge in [0.05, 0.1) is 4.88 Å². The van der Waals surface area contributed by atoms with Gasteiger partial charge in [0, 0.05) is 0 Å². The fraction of sp³-hybridized carbons (Fsp3) is 0. The summed E-state index contributed by atoms with van der Waals surface area (Å²) < 4.78 is 0. The van der Waals surface area contributed by atoms with Crippen LogP contribution in [0.25, 0.3) is 11.6 Å². The first-order chi connectivity index (χ1) is 10.2. The summed E-state index contributed by atoms with van der Waals surface area (Å²) in [5.74, 6) is -0.0886. The van der Waals surface area contributed by atoms with E-state index in [9.17, 15) is 9.90 Å². The first-order valence-corrected chi connectivity index (χ1v) is 7.30. The molecule has 0 aliphatic rings. The molecule has 0 radical (unpaired) electrons. The molecule has 3 aromatic rings. The van der Waals surface area contributed by atoms with E-state index in [2.05, 4.69) is 4.98 Å². The van der Waals surface area contributed by atoms with Crippen LogP contribution in [-0.4, -0.2) is 10.1 Å². The zero-order chi connectivity index (χ0) is 14.7. The summed E-state index contributed by atoms with van der Waals surface area (Å²) in [6.07, 6.45) is 1.84. The van der Waals surface area contributed by atoms with Gasteiger partial charge in [-0.15, -0.1) is 0 Å². The molecule has 1 aromatic heterocycles. The molecule has 4 heteroatoms. The number of nitrogens with one attached hydrogen (secondary N) is 1. The van der Waals surface area contributed by atoms with E-state index in [-0.39, 0.29) is 10.8 Å². The third-order valence-electron chi connectivity index (χ3n) is 3.10. The number of hydrogen-bond acceptors (Lipinski definition) is 3. The fourth-order valence-electron chi connectivity index (χ4n) is 2.13. The van der Waals surface area contributed by atoms with Gasteiger partial charge in [-0.25, -0.2) is 0 Å². The Bertz CT molecular complexity index is 775. The first kappa shape index (κ1) is 13.4. The molecule has 21 heavy (non-hydrogen) atoms. The van der Waals surface area contributed by atoms with Crippen molar-refractivity contribution in [3.05, 3.63) is 86.3 Å². The second kappa shape index (κ2) is 5.81. The molecular formula is C17H13NO2S. The van der Waals surface area contributed by atoms with Crippen LogP contribution in [0.4, 0.5) is 0 Å². The molecular weight excluding hydrogens is 282 g/mol. The standard InChI is InChI=1S/C17H13NO2S/c19-16-15(21-17(20)18-16)11-14(12-7-3-1-4-8-12)13-9-5-2-6-10-13/h1-11,19H,(H,18,20). The third kappa shape index (κ3) is 2.95. The van der Waals surface area contributed by atoms with Gasteiger partial charge in [0.25, 0.3) is 0 Å². The Morgan fingerprint density at radius 2 is 1.48 bits per heavy atom. The summed E-state index contributed by atoms with van der Waals surface area (Å²) in [6.45, 7) is 0. The Hall–Kier alpha value is -2.59. The van der Waals surface area contributed by atoms with Crippen molar-refractivity contribution in [3.63, 3.8) is 0 Å². The SMILES string of the molecule is O=c1[nH]c(O)c(C=C(c2ccccc2)c2ccccc2)s1. The maximum Gasteiger partial charge on any atom is 0.307 e. The number of thiazole rings is 1. The monoisotopic (exact) mass is 295 g/mol. The minimum atomic E-state index is -0.265. The second-order valence-electron chi connectivity index (χ2n) is 4.52. The van der Waals surface area contributed by atoms with Crippen LogP contribution in [0.2, 0.25) is 0 Å². The van der Waals surface area contributed by atoms with Crippen molar-refractivity contribution in [2.24, 2.45) is 0 Å². The van der Waals surface area contributed by atoms with E-state index in [4.69, 9.17) is 0 Å². The quantitative estimate of drug-likeness (QED) is 0.773. The number of benzene rings is 2. The number of aromatic nitrogens is 1. The lowest BCUT2D eigenvalue weighted by Crippen LogP contribution is -1.89. The van der Waals surface area contributed by atoms with Gasteiger partial charge in [-0.2, -0.15) is 0 Å². The summed E-state index contributed by atoms with van der Waals surface area (Å²) in [5, 5.41) is 9.78. The molecule has 2 aromatic carbocycles. The van der Waals surface area contributed by atoms with E-state index in [0.717, 1.165) is 28.0 Å². The van der Waals surface area contributed by atoms with Crippen LogP contribution < -0.4 is 4.87 Å². The zero-order valence-electron chi connectivity index (χ0n) is 11.1. The van der Waals surface area contributed by atoms with Gasteiger partial charge in [0.2, 0.25) is 5.88 Å². The van der Waals surface area contributed by atoms with E-state index in [1.807, 2.05) is 66.7 Å². The maximum atomic E-state index is 11.3. The predicted molar refractivity (Wildman–Crippen MR) is 86.5 cm³/mol. The van der Waals surface area contributed by atoms with E-state index in [1.54, 1.807) is 0 Å². The number of hydrogen-bond donors (Lipinski definition) is 2. The summed E-state index contributed by atoms with van der Waals surface area (Å²) in [5.41, 5.74) is 3.02. The second-order valence-corrected chi connectivity index (χ2v) is 5.53. The summed E-state index contributed by atoms with van der Waals surface area (Å²) >= 11 is 0.995. The third-order valence-corrected chi connectivity index (χ3v) is 3.92. The fourth-order valence-corrected chi connectivity index (χ4v) is 2.80. The normalized spacial score (nSPS) is 10.3. The number of aromatic hydroxyl groups is 1. The van der Waals surface area contributed by atoms with Gasteiger partial charge >= 0.3 is 4.87 Å². The molecule has 2 N–H and O–H groups in total. The van der Waals surface area contributed by atoms with Crippen LogP contribution in [0.3, 0.4) is 0 Å². The van der Waals surface area contributed by atoms with E-state index in [1.165, 1.54) is 0 Å². The molecule has 3 rings (SSSR count). The average molecular weight is 295 g/mol. The molecule has 0 atom stereocenters. The Kier molecular flexibility index (Phi) is 3.71. The van der Waals surface area contributed by atoms with Crippen molar-refractivity contribution in [2.45, 2.75) is 0 Å². The topological polar surface area (TPSA) is 53.1 Å². The Labute approximate surface area is 125 Å². The molecule has 104 valence electrons. The number of H-pyrrole nitrogens is 1. The maximum absolute atomic E-state index is 11.3. The van der Waals surface area contributed by atoms with Gasteiger partial charge in [-0.3, -0.25) is 9.78 Å². The Morgan fingerprint density at radius 1 is 0.952 bits per heavy atom. The lowest BCUT2D eigenvalue weighted by molar-refractivity contribution is 0.455. The van der Waals surface area contributed by atoms with Gasteiger partial charge in [0.1, 0.15) is 0 Å². The van der Waals surface area contributed by atoms with Gasteiger partial charge in [-0.1, -0.05) is 72.0 Å². The van der Waals surface area contributed by atoms with Gasteiger partial charge < -0.3 is 5.11 Å². The lowest BCUT2D eigenvalue weighted by atomic mass is 9.97. The molecule has 1 heterocycles. The smallest absolute Gasteiger partial charge is 0.307 e. The molecule has 0 aliphatic heterocycles. The highest BCUT2D eigenvalue weighted by Crippen LogP contribution is 2.29. The van der Waals surface area contributed by atoms with Crippen LogP contribution in [0, 0.1) is 0 Å². The van der Waals surface area contributed by atoms with Crippen LogP contribution in [0.15, 0.2) is 65.5 Å². The molecule has 0 aliphatic carbocycles. The van der Waals surface area contributed by atoms with Crippen molar-refractivity contribution in [1.82, 2.24) is 4.98 Å². The van der Waals surface area contributed by atoms with Crippen molar-refractivity contribution in [1.29, 1.82) is 0 Å². The summed E-state index contributed by atoms with van der Waals surface area (Å²) in [6, 6.07) is 19.8. The molecule has 0 bridgehead atoms. The van der Waals surface area contributed by atoms with Crippen molar-refractivity contribution in [2.75, 3.05) is 0 Å². The molecule has 0 amide bonds. The van der Waals surface area contributed by atoms with Crippen LogP contribution >= 0.6 is 11.3 Å². The highest BCUT2D eigenvalue weighted by atomic mass is 32.1. The molecule has 0 unspecified atom stereocenters. The Morgan fingerprint density at radius 3 is 1.90 bits per heavy atom. The van der Waals surface area contributed by atoms with E-state index >= 15 is 0 Å². The molecule has 0 spiro atoms. The van der Waals surface area contributed by atoms with E-state index < -0.39 is 0 Å². The van der Waals surface area contributed by atoms with Gasteiger partial charge in [-0.05, 0) is 22.8 Å². The average Bonchev–Trinajstić information content (AvgIpc) is 2.84. The number of rotatable bonds is 3. The Balaban J connectivity index is 2.18. The largest absolute Gasteiger partial charge is 0.493 e. The highest BCUT2D eigenvalue weighted by molar-refractivity contribution is 7.10. The minimum absolute atomic E-state index is 0.0886. The van der Waals surface area contributed by atoms with Crippen LogP contribution in [0.5, 0.6) is 5.88 Å². The predicted octanol–water partition coefficient (Wildman–Crippen LogP) is 3.73. The first-order valence-electron chi connectivity index (χ1n) is 6.48. The highest BCUT2D eigenvalue weighted by Gasteiger charge is 2.09. The zero-order valence-corrected chi connectivity index (χ0v) is 11.9. The molecule has 0 fully saturated rings. The lowest BCUT2D eigenvalue weighted by Gasteiger charge is -2.08. The molecule has 0 saturated carbocycles. The van der Waals surface area contributed by atoms with Gasteiger partial charge in [0.15, 0.2) is 0 Å². The summed E-state index contributed by atoms with van der Waals surface area (Å²) in [4.78, 5) is 14.0. The van der Waals surface area contributed by atoms with Crippen molar-refractivity contribution >= 4 is 23.0 Å². The van der Waals surface area contributed by atoms with E-state index in [0.29, 0.717) is 4.88 Å². The molecule has 0 saturated heterocycles. The minimum Gasteiger partial charge on any atom is -0.493 e. The number of aromatic amines is 1. The van der Waals surface area contributed by atoms with Crippen LogP contribution in [-0.2, 0) is 0 Å². The van der Waals surface area contributed by atoms with Crippen molar-refractivity contribution in [3.8, 4) is 5.88 Å². The molecule has 3 nitrogen and oxygen atoms in total. The van der Waals surface area contributed by atoms with Crippen LogP contribution in [0.1, 0.15) is 16.0 Å². The van der Waals surface area contributed by atoms with Crippen molar-refractivity contribution < 1.29 is 5.11 Å².